The fourth-order valence-corrected chi connectivity index (χ4v) is 5.67. The van der Waals surface area contributed by atoms with Crippen LogP contribution in [0.25, 0.3) is 0 Å². The number of nitrogens with one attached hydrogen (secondary N) is 2. The van der Waals surface area contributed by atoms with Crippen molar-refractivity contribution < 1.29 is 9.53 Å². The number of hydrogen-bond acceptors (Lipinski definition) is 6. The molecular weight excluding hydrogens is 565 g/mol. The van der Waals surface area contributed by atoms with Crippen molar-refractivity contribution in [3.8, 4) is 5.75 Å². The number of carbonyl (C=O) groups excluding carboxylic acids is 1. The highest BCUT2D eigenvalue weighted by Crippen LogP contribution is 2.37. The second-order valence-electron chi connectivity index (χ2n) is 9.46. The highest BCUT2D eigenvalue weighted by atomic mass is 35.5. The molecule has 0 radical (unpaired) electrons. The van der Waals surface area contributed by atoms with Crippen molar-refractivity contribution >= 4 is 52.5 Å². The molecule has 0 spiro atoms. The number of anilines is 2. The van der Waals surface area contributed by atoms with Gasteiger partial charge in [-0.25, -0.2) is 4.68 Å². The van der Waals surface area contributed by atoms with E-state index in [0.29, 0.717) is 32.5 Å². The highest BCUT2D eigenvalue weighted by Gasteiger charge is 2.34. The van der Waals surface area contributed by atoms with Crippen LogP contribution in [0.3, 0.4) is 0 Å². The van der Waals surface area contributed by atoms with E-state index in [1.165, 1.54) is 0 Å². The second-order valence-corrected chi connectivity index (χ2v) is 11.3. The molecule has 1 atom stereocenters. The fraction of sp³-hybridized carbons (Fsp3) is 0.233. The van der Waals surface area contributed by atoms with Gasteiger partial charge in [-0.05, 0) is 67.8 Å². The van der Waals surface area contributed by atoms with Gasteiger partial charge in [-0.2, -0.15) is 4.98 Å². The molecule has 4 aromatic rings. The van der Waals surface area contributed by atoms with Crippen molar-refractivity contribution in [2.75, 3.05) is 16.4 Å². The zero-order chi connectivity index (χ0) is 28.2. The summed E-state index contributed by atoms with van der Waals surface area (Å²) < 4.78 is 7.78. The van der Waals surface area contributed by atoms with Crippen LogP contribution in [0, 0.1) is 6.92 Å². The molecule has 0 saturated carbocycles. The Morgan fingerprint density at radius 2 is 1.80 bits per heavy atom. The zero-order valence-electron chi connectivity index (χ0n) is 22.4. The number of allylic oxidation sites excluding steroid dienone is 1. The summed E-state index contributed by atoms with van der Waals surface area (Å²) in [5.41, 5.74) is 4.67. The number of carbonyl (C=O) groups is 1. The first kappa shape index (κ1) is 28.1. The monoisotopic (exact) mass is 593 g/mol. The number of amides is 1. The minimum absolute atomic E-state index is 0.210. The van der Waals surface area contributed by atoms with Gasteiger partial charge in [-0.15, -0.1) is 5.10 Å². The van der Waals surface area contributed by atoms with Crippen LogP contribution < -0.4 is 15.4 Å². The smallest absolute Gasteiger partial charge is 0.255 e. The Labute approximate surface area is 247 Å². The summed E-state index contributed by atoms with van der Waals surface area (Å²) in [5, 5.41) is 12.9. The average Bonchev–Trinajstić information content (AvgIpc) is 3.33. The molecule has 1 aliphatic rings. The van der Waals surface area contributed by atoms with Crippen molar-refractivity contribution in [1.29, 1.82) is 0 Å². The molecule has 0 saturated heterocycles. The Morgan fingerprint density at radius 3 is 2.50 bits per heavy atom. The van der Waals surface area contributed by atoms with Crippen LogP contribution in [0.15, 0.2) is 83.2 Å². The Morgan fingerprint density at radius 1 is 1.07 bits per heavy atom. The minimum atomic E-state index is -0.489. The molecule has 7 nitrogen and oxygen atoms in total. The Hall–Kier alpha value is -3.46. The molecule has 1 aliphatic heterocycles. The summed E-state index contributed by atoms with van der Waals surface area (Å²) in [6, 6.07) is 20.2. The lowest BCUT2D eigenvalue weighted by Crippen LogP contribution is -2.31. The van der Waals surface area contributed by atoms with Crippen LogP contribution in [0.2, 0.25) is 10.0 Å². The topological polar surface area (TPSA) is 81.1 Å². The van der Waals surface area contributed by atoms with Crippen LogP contribution >= 0.6 is 35.0 Å². The first-order chi connectivity index (χ1) is 19.3. The lowest BCUT2D eigenvalue weighted by Gasteiger charge is -2.28. The van der Waals surface area contributed by atoms with Gasteiger partial charge < -0.3 is 15.4 Å². The number of fused-ring (bicyclic) bond motifs is 1. The molecule has 5 rings (SSSR count). The maximum Gasteiger partial charge on any atom is 0.255 e. The van der Waals surface area contributed by atoms with Crippen LogP contribution in [0.4, 0.5) is 11.6 Å². The molecule has 10 heteroatoms. The van der Waals surface area contributed by atoms with E-state index in [2.05, 4.69) is 22.5 Å². The van der Waals surface area contributed by atoms with Crippen molar-refractivity contribution in [3.63, 3.8) is 0 Å². The number of aryl methyl sites for hydroxylation is 1. The van der Waals surface area contributed by atoms with Crippen molar-refractivity contribution in [1.82, 2.24) is 14.8 Å². The summed E-state index contributed by atoms with van der Waals surface area (Å²) in [4.78, 5) is 18.4. The number of nitrogens with zero attached hydrogens (tertiary/aromatic N) is 3. The van der Waals surface area contributed by atoms with Gasteiger partial charge in [0.15, 0.2) is 0 Å². The quantitative estimate of drug-likeness (QED) is 0.192. The predicted octanol–water partition coefficient (Wildman–Crippen LogP) is 7.90. The van der Waals surface area contributed by atoms with Crippen molar-refractivity contribution in [3.05, 3.63) is 105 Å². The Bertz CT molecular complexity index is 1550. The third-order valence-electron chi connectivity index (χ3n) is 6.43. The maximum atomic E-state index is 13.7. The van der Waals surface area contributed by atoms with Crippen LogP contribution in [-0.4, -0.2) is 26.4 Å². The van der Waals surface area contributed by atoms with Gasteiger partial charge in [-0.3, -0.25) is 4.79 Å². The fourth-order valence-electron chi connectivity index (χ4n) is 4.48. The number of halogens is 2. The summed E-state index contributed by atoms with van der Waals surface area (Å²) in [6.45, 7) is 6.23. The van der Waals surface area contributed by atoms with Gasteiger partial charge >= 0.3 is 0 Å². The molecule has 1 unspecified atom stereocenters. The standard InChI is InChI=1S/C30H29Cl2N5O2S/c1-4-15-40-30-35-29-33-19(3)26(28(38)34-21-8-5-7-18(2)16-21)27(37(29)36-30)20-11-13-22(14-12-20)39-17-23-24(31)9-6-10-25(23)32/h5-14,16,27H,4,15,17H2,1-3H3,(H,34,38)(H,33,35,36). The van der Waals surface area contributed by atoms with E-state index >= 15 is 0 Å². The third-order valence-corrected chi connectivity index (χ3v) is 8.18. The maximum absolute atomic E-state index is 13.7. The van der Waals surface area contributed by atoms with Gasteiger partial charge in [0, 0.05) is 32.7 Å². The van der Waals surface area contributed by atoms with Gasteiger partial charge in [0.1, 0.15) is 18.4 Å². The van der Waals surface area contributed by atoms with Crippen molar-refractivity contribution in [2.45, 2.75) is 45.0 Å². The van der Waals surface area contributed by atoms with E-state index in [4.69, 9.17) is 33.0 Å². The van der Waals surface area contributed by atoms with Crippen molar-refractivity contribution in [2.24, 2.45) is 0 Å². The van der Waals surface area contributed by atoms with Crippen LogP contribution in [0.1, 0.15) is 43.0 Å². The van der Waals surface area contributed by atoms with Crippen LogP contribution in [0.5, 0.6) is 5.75 Å². The number of rotatable bonds is 9. The molecule has 40 heavy (non-hydrogen) atoms. The number of benzene rings is 3. The molecule has 2 N–H and O–H groups in total. The number of aromatic nitrogens is 3. The molecule has 206 valence electrons. The summed E-state index contributed by atoms with van der Waals surface area (Å²) in [7, 11) is 0. The summed E-state index contributed by atoms with van der Waals surface area (Å²) >= 11 is 14.2. The van der Waals surface area contributed by atoms with E-state index in [1.54, 1.807) is 34.6 Å². The van der Waals surface area contributed by atoms with E-state index in [-0.39, 0.29) is 12.5 Å². The largest absolute Gasteiger partial charge is 0.489 e. The number of thioether (sulfide) groups is 1. The van der Waals surface area contributed by atoms with E-state index in [0.717, 1.165) is 40.2 Å². The number of ether oxygens (including phenoxy) is 1. The summed E-state index contributed by atoms with van der Waals surface area (Å²) in [6.07, 6.45) is 1.01. The van der Waals surface area contributed by atoms with Crippen LogP contribution in [-0.2, 0) is 11.4 Å². The Kier molecular flexibility index (Phi) is 8.69. The zero-order valence-corrected chi connectivity index (χ0v) is 24.7. The molecule has 1 aromatic heterocycles. The van der Waals surface area contributed by atoms with Gasteiger partial charge in [0.25, 0.3) is 5.91 Å². The molecule has 2 heterocycles. The molecule has 3 aromatic carbocycles. The lowest BCUT2D eigenvalue weighted by molar-refractivity contribution is -0.113. The van der Waals surface area contributed by atoms with E-state index in [1.807, 2.05) is 62.4 Å². The molecule has 0 fully saturated rings. The van der Waals surface area contributed by atoms with Gasteiger partial charge in [0.2, 0.25) is 11.1 Å². The summed E-state index contributed by atoms with van der Waals surface area (Å²) in [5.74, 6) is 1.95. The van der Waals surface area contributed by atoms with E-state index < -0.39 is 6.04 Å². The van der Waals surface area contributed by atoms with E-state index in [9.17, 15) is 4.79 Å². The predicted molar refractivity (Wildman–Crippen MR) is 163 cm³/mol. The van der Waals surface area contributed by atoms with Gasteiger partial charge in [-0.1, -0.05) is 72.2 Å². The Balaban J connectivity index is 1.46. The molecule has 0 aliphatic carbocycles. The molecule has 0 bridgehead atoms. The molecular formula is C30H29Cl2N5O2S. The highest BCUT2D eigenvalue weighted by molar-refractivity contribution is 7.99. The number of hydrogen-bond donors (Lipinski definition) is 2. The second kappa shape index (κ2) is 12.4. The van der Waals surface area contributed by atoms with Gasteiger partial charge in [0.05, 0.1) is 5.57 Å². The average molecular weight is 595 g/mol. The SMILES string of the molecule is CCCSc1nc2n(n1)C(c1ccc(OCc3c(Cl)cccc3Cl)cc1)C(C(=O)Nc1cccc(C)c1)=C(C)N2. The molecule has 1 amide bonds. The first-order valence-electron chi connectivity index (χ1n) is 12.9. The first-order valence-corrected chi connectivity index (χ1v) is 14.7. The third kappa shape index (κ3) is 6.14. The lowest BCUT2D eigenvalue weighted by atomic mass is 9.95. The normalized spacial score (nSPS) is 14.5. The minimum Gasteiger partial charge on any atom is -0.489 e.